The summed E-state index contributed by atoms with van der Waals surface area (Å²) in [5.74, 6) is 0.735. The van der Waals surface area contributed by atoms with E-state index in [1.165, 1.54) is 37.7 Å². The Hall–Kier alpha value is -0.890. The van der Waals surface area contributed by atoms with Crippen molar-refractivity contribution in [2.75, 3.05) is 0 Å². The summed E-state index contributed by atoms with van der Waals surface area (Å²) < 4.78 is 13.0. The van der Waals surface area contributed by atoms with E-state index in [4.69, 9.17) is 0 Å². The van der Waals surface area contributed by atoms with Crippen molar-refractivity contribution >= 4 is 0 Å². The van der Waals surface area contributed by atoms with Crippen molar-refractivity contribution in [3.8, 4) is 0 Å². The van der Waals surface area contributed by atoms with Crippen molar-refractivity contribution in [3.05, 3.63) is 35.6 Å². The summed E-state index contributed by atoms with van der Waals surface area (Å²) in [6, 6.07) is 7.95. The molecule has 1 N–H and O–H groups in total. The Bertz CT molecular complexity index is 373. The third kappa shape index (κ3) is 4.04. The standard InChI is InChI=1S/C17H26FN/c1-3-13-6-5-7-16(12-13)19-17(4-2)14-8-10-15(18)11-9-14/h8-11,13,16-17,19H,3-7,12H2,1-2H3. The second-order valence-electron chi connectivity index (χ2n) is 5.82. The smallest absolute Gasteiger partial charge is 0.123 e. The summed E-state index contributed by atoms with van der Waals surface area (Å²) in [4.78, 5) is 0. The van der Waals surface area contributed by atoms with Crippen LogP contribution in [0, 0.1) is 11.7 Å². The topological polar surface area (TPSA) is 12.0 Å². The van der Waals surface area contributed by atoms with Gasteiger partial charge in [0.2, 0.25) is 0 Å². The van der Waals surface area contributed by atoms with Gasteiger partial charge in [-0.3, -0.25) is 0 Å². The van der Waals surface area contributed by atoms with E-state index in [-0.39, 0.29) is 5.82 Å². The Morgan fingerprint density at radius 3 is 2.58 bits per heavy atom. The van der Waals surface area contributed by atoms with Gasteiger partial charge in [0.05, 0.1) is 0 Å². The van der Waals surface area contributed by atoms with Crippen molar-refractivity contribution in [1.82, 2.24) is 5.32 Å². The quantitative estimate of drug-likeness (QED) is 0.802. The van der Waals surface area contributed by atoms with Gasteiger partial charge in [-0.25, -0.2) is 4.39 Å². The summed E-state index contributed by atoms with van der Waals surface area (Å²) >= 11 is 0. The first-order valence-electron chi connectivity index (χ1n) is 7.74. The molecular formula is C17H26FN. The molecule has 0 bridgehead atoms. The molecule has 0 heterocycles. The zero-order chi connectivity index (χ0) is 13.7. The second kappa shape index (κ2) is 7.04. The van der Waals surface area contributed by atoms with Gasteiger partial charge < -0.3 is 5.32 Å². The van der Waals surface area contributed by atoms with Crippen molar-refractivity contribution < 1.29 is 4.39 Å². The molecule has 1 fully saturated rings. The molecule has 0 aromatic heterocycles. The van der Waals surface area contributed by atoms with Gasteiger partial charge >= 0.3 is 0 Å². The maximum atomic E-state index is 13.0. The van der Waals surface area contributed by atoms with Gasteiger partial charge in [0.1, 0.15) is 5.82 Å². The summed E-state index contributed by atoms with van der Waals surface area (Å²) in [6.07, 6.45) is 7.67. The van der Waals surface area contributed by atoms with Crippen LogP contribution in [0.1, 0.15) is 64.0 Å². The van der Waals surface area contributed by atoms with E-state index >= 15 is 0 Å². The van der Waals surface area contributed by atoms with E-state index in [1.54, 1.807) is 12.1 Å². The van der Waals surface area contributed by atoms with Gasteiger partial charge in [0.25, 0.3) is 0 Å². The lowest BCUT2D eigenvalue weighted by Gasteiger charge is -2.32. The normalized spacial score (nSPS) is 25.2. The molecule has 1 aromatic rings. The summed E-state index contributed by atoms with van der Waals surface area (Å²) in [7, 11) is 0. The Balaban J connectivity index is 1.96. The molecule has 19 heavy (non-hydrogen) atoms. The zero-order valence-corrected chi connectivity index (χ0v) is 12.2. The van der Waals surface area contributed by atoms with E-state index in [1.807, 2.05) is 12.1 Å². The number of benzene rings is 1. The lowest BCUT2D eigenvalue weighted by molar-refractivity contribution is 0.260. The first-order chi connectivity index (χ1) is 9.22. The third-order valence-corrected chi connectivity index (χ3v) is 4.48. The third-order valence-electron chi connectivity index (χ3n) is 4.48. The van der Waals surface area contributed by atoms with Gasteiger partial charge in [-0.2, -0.15) is 0 Å². The fraction of sp³-hybridized carbons (Fsp3) is 0.647. The highest BCUT2D eigenvalue weighted by atomic mass is 19.1. The molecule has 106 valence electrons. The summed E-state index contributed by atoms with van der Waals surface area (Å²) in [5, 5.41) is 3.78. The minimum Gasteiger partial charge on any atom is -0.307 e. The molecule has 1 aromatic carbocycles. The maximum absolute atomic E-state index is 13.0. The monoisotopic (exact) mass is 263 g/mol. The minimum atomic E-state index is -0.151. The number of nitrogens with one attached hydrogen (secondary N) is 1. The predicted molar refractivity (Wildman–Crippen MR) is 78.6 cm³/mol. The fourth-order valence-electron chi connectivity index (χ4n) is 3.24. The molecule has 0 radical (unpaired) electrons. The van der Waals surface area contributed by atoms with E-state index in [0.29, 0.717) is 12.1 Å². The Morgan fingerprint density at radius 1 is 1.21 bits per heavy atom. The average molecular weight is 263 g/mol. The molecule has 1 aliphatic rings. The number of hydrogen-bond donors (Lipinski definition) is 1. The highest BCUT2D eigenvalue weighted by molar-refractivity contribution is 5.20. The van der Waals surface area contributed by atoms with E-state index in [0.717, 1.165) is 12.3 Å². The largest absolute Gasteiger partial charge is 0.307 e. The van der Waals surface area contributed by atoms with Crippen molar-refractivity contribution in [3.63, 3.8) is 0 Å². The minimum absolute atomic E-state index is 0.151. The first kappa shape index (κ1) is 14.5. The van der Waals surface area contributed by atoms with Gasteiger partial charge in [-0.15, -0.1) is 0 Å². The van der Waals surface area contributed by atoms with Crippen LogP contribution in [-0.2, 0) is 0 Å². The van der Waals surface area contributed by atoms with Crippen LogP contribution in [0.3, 0.4) is 0 Å². The van der Waals surface area contributed by atoms with E-state index < -0.39 is 0 Å². The molecular weight excluding hydrogens is 237 g/mol. The second-order valence-corrected chi connectivity index (χ2v) is 5.82. The van der Waals surface area contributed by atoms with Crippen LogP contribution in [0.15, 0.2) is 24.3 Å². The Morgan fingerprint density at radius 2 is 1.95 bits per heavy atom. The lowest BCUT2D eigenvalue weighted by Crippen LogP contribution is -2.36. The molecule has 0 aliphatic heterocycles. The summed E-state index contributed by atoms with van der Waals surface area (Å²) in [6.45, 7) is 4.49. The molecule has 3 atom stereocenters. The first-order valence-corrected chi connectivity index (χ1v) is 7.74. The van der Waals surface area contributed by atoms with Crippen molar-refractivity contribution in [2.24, 2.45) is 5.92 Å². The lowest BCUT2D eigenvalue weighted by atomic mass is 9.83. The number of halogens is 1. The molecule has 0 saturated heterocycles. The van der Waals surface area contributed by atoms with Crippen LogP contribution in [-0.4, -0.2) is 6.04 Å². The van der Waals surface area contributed by atoms with Crippen molar-refractivity contribution in [2.45, 2.75) is 64.5 Å². The zero-order valence-electron chi connectivity index (χ0n) is 12.2. The van der Waals surface area contributed by atoms with Crippen LogP contribution in [0.4, 0.5) is 4.39 Å². The molecule has 1 saturated carbocycles. The van der Waals surface area contributed by atoms with Crippen molar-refractivity contribution in [1.29, 1.82) is 0 Å². The van der Waals surface area contributed by atoms with E-state index in [9.17, 15) is 4.39 Å². The molecule has 2 heteroatoms. The van der Waals surface area contributed by atoms with Crippen LogP contribution >= 0.6 is 0 Å². The van der Waals surface area contributed by atoms with Gasteiger partial charge in [-0.1, -0.05) is 45.2 Å². The SMILES string of the molecule is CCC1CCCC(NC(CC)c2ccc(F)cc2)C1. The maximum Gasteiger partial charge on any atom is 0.123 e. The summed E-state index contributed by atoms with van der Waals surface area (Å²) in [5.41, 5.74) is 1.21. The van der Waals surface area contributed by atoms with Crippen LogP contribution < -0.4 is 5.32 Å². The highest BCUT2D eigenvalue weighted by Gasteiger charge is 2.23. The molecule has 3 unspecified atom stereocenters. The Kier molecular flexibility index (Phi) is 5.38. The van der Waals surface area contributed by atoms with Crippen LogP contribution in [0.5, 0.6) is 0 Å². The molecule has 1 aliphatic carbocycles. The van der Waals surface area contributed by atoms with Gasteiger partial charge in [0, 0.05) is 12.1 Å². The fourth-order valence-corrected chi connectivity index (χ4v) is 3.24. The number of hydrogen-bond acceptors (Lipinski definition) is 1. The van der Waals surface area contributed by atoms with Crippen LogP contribution in [0.25, 0.3) is 0 Å². The Labute approximate surface area is 116 Å². The van der Waals surface area contributed by atoms with E-state index in [2.05, 4.69) is 19.2 Å². The molecule has 0 spiro atoms. The van der Waals surface area contributed by atoms with Gasteiger partial charge in [0.15, 0.2) is 0 Å². The predicted octanol–water partition coefficient (Wildman–Crippen LogP) is 4.84. The highest BCUT2D eigenvalue weighted by Crippen LogP contribution is 2.29. The number of rotatable bonds is 5. The molecule has 2 rings (SSSR count). The van der Waals surface area contributed by atoms with Crippen LogP contribution in [0.2, 0.25) is 0 Å². The molecule has 0 amide bonds. The van der Waals surface area contributed by atoms with Gasteiger partial charge in [-0.05, 0) is 42.9 Å². The molecule has 1 nitrogen and oxygen atoms in total. The average Bonchev–Trinajstić information content (AvgIpc) is 2.46.